The molecule has 1 aliphatic heterocycles. The molecule has 1 unspecified atom stereocenters. The second-order valence-corrected chi connectivity index (χ2v) is 4.46. The van der Waals surface area contributed by atoms with Gasteiger partial charge < -0.3 is 10.5 Å². The van der Waals surface area contributed by atoms with E-state index in [2.05, 4.69) is 6.92 Å². The van der Waals surface area contributed by atoms with E-state index in [0.29, 0.717) is 6.04 Å². The second kappa shape index (κ2) is 5.01. The summed E-state index contributed by atoms with van der Waals surface area (Å²) < 4.78 is 5.26. The molecule has 0 aromatic carbocycles. The van der Waals surface area contributed by atoms with Gasteiger partial charge in [-0.3, -0.25) is 0 Å². The van der Waals surface area contributed by atoms with Crippen molar-refractivity contribution in [3.05, 3.63) is 0 Å². The van der Waals surface area contributed by atoms with Gasteiger partial charge in [-0.1, -0.05) is 0 Å². The highest BCUT2D eigenvalue weighted by molar-refractivity contribution is 7.99. The summed E-state index contributed by atoms with van der Waals surface area (Å²) in [6.45, 7) is 3.94. The van der Waals surface area contributed by atoms with Crippen molar-refractivity contribution in [2.75, 3.05) is 19.0 Å². The van der Waals surface area contributed by atoms with Crippen molar-refractivity contribution < 1.29 is 4.74 Å². The van der Waals surface area contributed by atoms with Crippen LogP contribution in [0.1, 0.15) is 19.8 Å². The maximum atomic E-state index is 5.66. The molecule has 1 saturated heterocycles. The minimum Gasteiger partial charge on any atom is -0.381 e. The Hall–Kier alpha value is 0.270. The molecular weight excluding hydrogens is 158 g/mol. The van der Waals surface area contributed by atoms with Gasteiger partial charge in [-0.25, -0.2) is 0 Å². The lowest BCUT2D eigenvalue weighted by molar-refractivity contribution is 0.1000. The maximum Gasteiger partial charge on any atom is 0.0476 e. The van der Waals surface area contributed by atoms with Gasteiger partial charge in [0.15, 0.2) is 0 Å². The van der Waals surface area contributed by atoms with Gasteiger partial charge >= 0.3 is 0 Å². The molecule has 0 saturated carbocycles. The van der Waals surface area contributed by atoms with Gasteiger partial charge in [0.2, 0.25) is 0 Å². The van der Waals surface area contributed by atoms with Crippen molar-refractivity contribution in [1.82, 2.24) is 0 Å². The number of nitrogens with two attached hydrogens (primary N) is 1. The van der Waals surface area contributed by atoms with Gasteiger partial charge in [-0.15, -0.1) is 0 Å². The maximum absolute atomic E-state index is 5.66. The van der Waals surface area contributed by atoms with Crippen LogP contribution in [0, 0.1) is 0 Å². The summed E-state index contributed by atoms with van der Waals surface area (Å²) in [5, 5.41) is 0.801. The fraction of sp³-hybridized carbons (Fsp3) is 1.00. The Balaban J connectivity index is 2.05. The average molecular weight is 175 g/mol. The molecule has 0 bridgehead atoms. The van der Waals surface area contributed by atoms with Gasteiger partial charge in [-0.2, -0.15) is 11.8 Å². The van der Waals surface area contributed by atoms with Gasteiger partial charge in [0.25, 0.3) is 0 Å². The predicted octanol–water partition coefficient (Wildman–Crippen LogP) is 1.25. The van der Waals surface area contributed by atoms with Crippen LogP contribution in [0.4, 0.5) is 0 Å². The Labute approximate surface area is 72.9 Å². The smallest absolute Gasteiger partial charge is 0.0476 e. The fourth-order valence-electron chi connectivity index (χ4n) is 1.13. The van der Waals surface area contributed by atoms with E-state index in [0.717, 1.165) is 24.2 Å². The molecule has 0 aliphatic carbocycles. The lowest BCUT2D eigenvalue weighted by Crippen LogP contribution is -2.23. The molecule has 1 rings (SSSR count). The van der Waals surface area contributed by atoms with Gasteiger partial charge in [0.1, 0.15) is 0 Å². The van der Waals surface area contributed by atoms with E-state index in [1.807, 2.05) is 11.8 Å². The third-order valence-corrected chi connectivity index (χ3v) is 3.42. The van der Waals surface area contributed by atoms with E-state index < -0.39 is 0 Å². The lowest BCUT2D eigenvalue weighted by atomic mass is 10.2. The molecule has 1 atom stereocenters. The molecule has 0 aromatic heterocycles. The Bertz CT molecular complexity index is 102. The van der Waals surface area contributed by atoms with Crippen LogP contribution in [0.25, 0.3) is 0 Å². The molecule has 66 valence electrons. The number of thioether (sulfide) groups is 1. The summed E-state index contributed by atoms with van der Waals surface area (Å²) in [5.41, 5.74) is 5.66. The minimum atomic E-state index is 0.336. The molecule has 3 heteroatoms. The average Bonchev–Trinajstić information content (AvgIpc) is 2.03. The zero-order valence-electron chi connectivity index (χ0n) is 7.08. The number of hydrogen-bond donors (Lipinski definition) is 1. The topological polar surface area (TPSA) is 35.2 Å². The van der Waals surface area contributed by atoms with Crippen molar-refractivity contribution in [2.24, 2.45) is 5.73 Å². The molecule has 1 aliphatic rings. The first-order valence-electron chi connectivity index (χ1n) is 4.24. The number of ether oxygens (including phenoxy) is 1. The van der Waals surface area contributed by atoms with Crippen LogP contribution in [0.2, 0.25) is 0 Å². The molecule has 0 amide bonds. The summed E-state index contributed by atoms with van der Waals surface area (Å²) in [4.78, 5) is 0. The summed E-state index contributed by atoms with van der Waals surface area (Å²) in [6.07, 6.45) is 2.41. The molecule has 0 aromatic rings. The largest absolute Gasteiger partial charge is 0.381 e. The van der Waals surface area contributed by atoms with E-state index in [9.17, 15) is 0 Å². The van der Waals surface area contributed by atoms with E-state index in [1.165, 1.54) is 12.8 Å². The molecule has 1 heterocycles. The van der Waals surface area contributed by atoms with Crippen LogP contribution in [0.5, 0.6) is 0 Å². The van der Waals surface area contributed by atoms with Crippen molar-refractivity contribution in [3.8, 4) is 0 Å². The molecule has 1 fully saturated rings. The zero-order chi connectivity index (χ0) is 8.10. The third kappa shape index (κ3) is 3.99. The summed E-state index contributed by atoms with van der Waals surface area (Å²) >= 11 is 2.00. The fourth-order valence-corrected chi connectivity index (χ4v) is 2.23. The predicted molar refractivity (Wildman–Crippen MR) is 49.9 cm³/mol. The Morgan fingerprint density at radius 1 is 1.55 bits per heavy atom. The van der Waals surface area contributed by atoms with Crippen molar-refractivity contribution in [3.63, 3.8) is 0 Å². The Morgan fingerprint density at radius 3 is 2.73 bits per heavy atom. The first-order valence-corrected chi connectivity index (χ1v) is 5.29. The van der Waals surface area contributed by atoms with Crippen LogP contribution >= 0.6 is 11.8 Å². The lowest BCUT2D eigenvalue weighted by Gasteiger charge is -2.21. The van der Waals surface area contributed by atoms with Gasteiger partial charge in [0, 0.05) is 30.3 Å². The highest BCUT2D eigenvalue weighted by Gasteiger charge is 2.13. The van der Waals surface area contributed by atoms with Crippen molar-refractivity contribution in [1.29, 1.82) is 0 Å². The normalized spacial score (nSPS) is 23.5. The zero-order valence-corrected chi connectivity index (χ0v) is 7.90. The molecule has 0 radical (unpaired) electrons. The monoisotopic (exact) mass is 175 g/mol. The standard InChI is InChI=1S/C8H17NOS/c1-7(9)6-11-8-2-4-10-5-3-8/h7-8H,2-6,9H2,1H3. The highest BCUT2D eigenvalue weighted by atomic mass is 32.2. The molecule has 0 spiro atoms. The van der Waals surface area contributed by atoms with Crippen LogP contribution in [0.3, 0.4) is 0 Å². The Kier molecular flexibility index (Phi) is 4.26. The number of rotatable bonds is 3. The summed E-state index contributed by atoms with van der Waals surface area (Å²) in [6, 6.07) is 0.336. The highest BCUT2D eigenvalue weighted by Crippen LogP contribution is 2.21. The van der Waals surface area contributed by atoms with Crippen molar-refractivity contribution in [2.45, 2.75) is 31.1 Å². The van der Waals surface area contributed by atoms with E-state index in [-0.39, 0.29) is 0 Å². The van der Waals surface area contributed by atoms with E-state index in [4.69, 9.17) is 10.5 Å². The summed E-state index contributed by atoms with van der Waals surface area (Å²) in [5.74, 6) is 1.09. The Morgan fingerprint density at radius 2 is 2.18 bits per heavy atom. The first kappa shape index (κ1) is 9.36. The summed E-state index contributed by atoms with van der Waals surface area (Å²) in [7, 11) is 0. The molecule has 11 heavy (non-hydrogen) atoms. The van der Waals surface area contributed by atoms with Gasteiger partial charge in [-0.05, 0) is 19.8 Å². The van der Waals surface area contributed by atoms with Crippen LogP contribution in [-0.2, 0) is 4.74 Å². The van der Waals surface area contributed by atoms with Crippen LogP contribution < -0.4 is 5.73 Å². The van der Waals surface area contributed by atoms with Crippen LogP contribution in [-0.4, -0.2) is 30.3 Å². The SMILES string of the molecule is CC(N)CSC1CCOCC1. The van der Waals surface area contributed by atoms with Gasteiger partial charge in [0.05, 0.1) is 0 Å². The first-order chi connectivity index (χ1) is 5.29. The molecular formula is C8H17NOS. The van der Waals surface area contributed by atoms with Crippen LogP contribution in [0.15, 0.2) is 0 Å². The second-order valence-electron chi connectivity index (χ2n) is 3.12. The van der Waals surface area contributed by atoms with E-state index in [1.54, 1.807) is 0 Å². The molecule has 2 N–H and O–H groups in total. The minimum absolute atomic E-state index is 0.336. The molecule has 2 nitrogen and oxygen atoms in total. The quantitative estimate of drug-likeness (QED) is 0.701. The number of hydrogen-bond acceptors (Lipinski definition) is 3. The van der Waals surface area contributed by atoms with Crippen molar-refractivity contribution >= 4 is 11.8 Å². The van der Waals surface area contributed by atoms with E-state index >= 15 is 0 Å². The third-order valence-electron chi connectivity index (χ3n) is 1.76.